The monoisotopic (exact) mass is 341 g/mol. The summed E-state index contributed by atoms with van der Waals surface area (Å²) >= 11 is 3.31. The first-order valence-electron chi connectivity index (χ1n) is 7.70. The van der Waals surface area contributed by atoms with E-state index in [-0.39, 0.29) is 11.9 Å². The highest BCUT2D eigenvalue weighted by Crippen LogP contribution is 2.32. The van der Waals surface area contributed by atoms with E-state index in [1.54, 1.807) is 6.07 Å². The van der Waals surface area contributed by atoms with E-state index in [1.807, 2.05) is 12.1 Å². The minimum atomic E-state index is -0.128. The van der Waals surface area contributed by atoms with Gasteiger partial charge in [-0.15, -0.1) is 0 Å². The van der Waals surface area contributed by atoms with Crippen molar-refractivity contribution in [2.24, 2.45) is 11.8 Å². The third kappa shape index (κ3) is 3.82. The van der Waals surface area contributed by atoms with E-state index in [1.165, 1.54) is 25.7 Å². The van der Waals surface area contributed by atoms with Crippen LogP contribution in [0.2, 0.25) is 0 Å². The van der Waals surface area contributed by atoms with Crippen LogP contribution in [0.1, 0.15) is 58.1 Å². The van der Waals surface area contributed by atoms with Crippen LogP contribution in [0.15, 0.2) is 22.7 Å². The highest BCUT2D eigenvalue weighted by atomic mass is 79.9. The van der Waals surface area contributed by atoms with E-state index >= 15 is 0 Å². The maximum absolute atomic E-state index is 14.0. The van der Waals surface area contributed by atoms with Gasteiger partial charge in [-0.3, -0.25) is 0 Å². The fourth-order valence-corrected chi connectivity index (χ4v) is 3.76. The van der Waals surface area contributed by atoms with Crippen molar-refractivity contribution < 1.29 is 4.39 Å². The summed E-state index contributed by atoms with van der Waals surface area (Å²) in [5.74, 6) is 1.27. The summed E-state index contributed by atoms with van der Waals surface area (Å²) in [6.45, 7) is 6.67. The Hall–Kier alpha value is -0.410. The molecule has 0 aliphatic heterocycles. The molecule has 0 spiro atoms. The van der Waals surface area contributed by atoms with Crippen molar-refractivity contribution in [3.8, 4) is 0 Å². The van der Waals surface area contributed by atoms with Gasteiger partial charge < -0.3 is 5.32 Å². The number of benzene rings is 1. The first-order chi connectivity index (χ1) is 9.49. The largest absolute Gasteiger partial charge is 0.307 e. The average Bonchev–Trinajstić information content (AvgIpc) is 2.38. The lowest BCUT2D eigenvalue weighted by Crippen LogP contribution is -2.42. The topological polar surface area (TPSA) is 12.0 Å². The highest BCUT2D eigenvalue weighted by molar-refractivity contribution is 9.10. The molecule has 2 rings (SSSR count). The Bertz CT molecular complexity index is 447. The van der Waals surface area contributed by atoms with Crippen LogP contribution in [0.4, 0.5) is 4.39 Å². The fraction of sp³-hybridized carbons (Fsp3) is 0.647. The average molecular weight is 342 g/mol. The van der Waals surface area contributed by atoms with Gasteiger partial charge in [0.05, 0.1) is 0 Å². The second-order valence-corrected chi connectivity index (χ2v) is 7.27. The van der Waals surface area contributed by atoms with Gasteiger partial charge in [0.15, 0.2) is 0 Å². The molecular weight excluding hydrogens is 317 g/mol. The van der Waals surface area contributed by atoms with Crippen molar-refractivity contribution >= 4 is 15.9 Å². The zero-order chi connectivity index (χ0) is 14.7. The van der Waals surface area contributed by atoms with E-state index in [9.17, 15) is 4.39 Å². The second kappa shape index (κ2) is 7.04. The molecule has 3 unspecified atom stereocenters. The molecule has 1 aromatic carbocycles. The molecule has 1 aliphatic carbocycles. The third-order valence-corrected chi connectivity index (χ3v) is 5.06. The lowest BCUT2D eigenvalue weighted by atomic mass is 9.77. The summed E-state index contributed by atoms with van der Waals surface area (Å²) in [5, 5.41) is 3.67. The standard InChI is InChI=1S/C17H25BrFN/c1-11(2)14-6-4-5-7-17(14)20-12(3)15-9-8-13(18)10-16(15)19/h8-12,14,17,20H,4-7H2,1-3H3. The van der Waals surface area contributed by atoms with Gasteiger partial charge in [0.1, 0.15) is 5.82 Å². The maximum Gasteiger partial charge on any atom is 0.129 e. The number of rotatable bonds is 4. The molecule has 1 saturated carbocycles. The van der Waals surface area contributed by atoms with Crippen molar-refractivity contribution in [2.75, 3.05) is 0 Å². The number of halogens is 2. The van der Waals surface area contributed by atoms with Gasteiger partial charge in [-0.25, -0.2) is 4.39 Å². The molecule has 0 aromatic heterocycles. The minimum absolute atomic E-state index is 0.0625. The van der Waals surface area contributed by atoms with Gasteiger partial charge in [0, 0.05) is 22.1 Å². The molecule has 1 aromatic rings. The maximum atomic E-state index is 14.0. The summed E-state index contributed by atoms with van der Waals surface area (Å²) in [6.07, 6.45) is 5.13. The molecular formula is C17H25BrFN. The van der Waals surface area contributed by atoms with Gasteiger partial charge >= 0.3 is 0 Å². The van der Waals surface area contributed by atoms with Gasteiger partial charge in [-0.05, 0) is 43.7 Å². The van der Waals surface area contributed by atoms with Gasteiger partial charge in [0.2, 0.25) is 0 Å². The first kappa shape index (κ1) is 16.0. The molecule has 0 saturated heterocycles. The smallest absolute Gasteiger partial charge is 0.129 e. The van der Waals surface area contributed by atoms with Crippen molar-refractivity contribution in [3.63, 3.8) is 0 Å². The van der Waals surface area contributed by atoms with Crippen molar-refractivity contribution in [2.45, 2.75) is 58.5 Å². The number of nitrogens with one attached hydrogen (secondary N) is 1. The van der Waals surface area contributed by atoms with Crippen molar-refractivity contribution in [1.29, 1.82) is 0 Å². The predicted octanol–water partition coefficient (Wildman–Crippen LogP) is 5.45. The van der Waals surface area contributed by atoms with E-state index in [0.717, 1.165) is 10.0 Å². The third-order valence-electron chi connectivity index (χ3n) is 4.57. The molecule has 3 atom stereocenters. The summed E-state index contributed by atoms with van der Waals surface area (Å²) < 4.78 is 14.8. The Labute approximate surface area is 130 Å². The summed E-state index contributed by atoms with van der Waals surface area (Å²) in [7, 11) is 0. The van der Waals surface area contributed by atoms with E-state index < -0.39 is 0 Å². The lowest BCUT2D eigenvalue weighted by Gasteiger charge is -2.37. The molecule has 1 N–H and O–H groups in total. The van der Waals surface area contributed by atoms with Gasteiger partial charge in [0.25, 0.3) is 0 Å². The Morgan fingerprint density at radius 3 is 2.55 bits per heavy atom. The normalized spacial score (nSPS) is 24.9. The predicted molar refractivity (Wildman–Crippen MR) is 86.2 cm³/mol. The van der Waals surface area contributed by atoms with Gasteiger partial charge in [-0.1, -0.05) is 48.7 Å². The van der Waals surface area contributed by atoms with Crippen LogP contribution >= 0.6 is 15.9 Å². The second-order valence-electron chi connectivity index (χ2n) is 6.35. The molecule has 112 valence electrons. The molecule has 1 fully saturated rings. The van der Waals surface area contributed by atoms with Crippen molar-refractivity contribution in [3.05, 3.63) is 34.1 Å². The van der Waals surface area contributed by atoms with Crippen molar-refractivity contribution in [1.82, 2.24) is 5.32 Å². The zero-order valence-corrected chi connectivity index (χ0v) is 14.2. The fourth-order valence-electron chi connectivity index (χ4n) is 3.43. The van der Waals surface area contributed by atoms with E-state index in [4.69, 9.17) is 0 Å². The Balaban J connectivity index is 2.07. The molecule has 0 bridgehead atoms. The van der Waals surface area contributed by atoms with E-state index in [2.05, 4.69) is 42.0 Å². The molecule has 20 heavy (non-hydrogen) atoms. The molecule has 0 amide bonds. The molecule has 0 heterocycles. The van der Waals surface area contributed by atoms with Crippen LogP contribution in [0.3, 0.4) is 0 Å². The van der Waals surface area contributed by atoms with Crippen LogP contribution in [0, 0.1) is 17.7 Å². The molecule has 0 radical (unpaired) electrons. The number of hydrogen-bond donors (Lipinski definition) is 1. The number of hydrogen-bond acceptors (Lipinski definition) is 1. The zero-order valence-electron chi connectivity index (χ0n) is 12.6. The SMILES string of the molecule is CC(NC1CCCCC1C(C)C)c1ccc(Br)cc1F. The quantitative estimate of drug-likeness (QED) is 0.767. The minimum Gasteiger partial charge on any atom is -0.307 e. The summed E-state index contributed by atoms with van der Waals surface area (Å²) in [4.78, 5) is 0. The first-order valence-corrected chi connectivity index (χ1v) is 8.49. The van der Waals surface area contributed by atoms with E-state index in [0.29, 0.717) is 17.9 Å². The lowest BCUT2D eigenvalue weighted by molar-refractivity contribution is 0.194. The van der Waals surface area contributed by atoms with Crippen LogP contribution in [0.5, 0.6) is 0 Å². The van der Waals surface area contributed by atoms with Crippen LogP contribution in [-0.4, -0.2) is 6.04 Å². The van der Waals surface area contributed by atoms with Crippen LogP contribution in [0.25, 0.3) is 0 Å². The van der Waals surface area contributed by atoms with Gasteiger partial charge in [-0.2, -0.15) is 0 Å². The van der Waals surface area contributed by atoms with Crippen LogP contribution < -0.4 is 5.32 Å². The summed E-state index contributed by atoms with van der Waals surface area (Å²) in [5.41, 5.74) is 0.765. The van der Waals surface area contributed by atoms with Crippen LogP contribution in [-0.2, 0) is 0 Å². The molecule has 1 nitrogen and oxygen atoms in total. The summed E-state index contributed by atoms with van der Waals surface area (Å²) in [6, 6.07) is 5.92. The molecule has 1 aliphatic rings. The highest BCUT2D eigenvalue weighted by Gasteiger charge is 2.28. The Kier molecular flexibility index (Phi) is 5.62. The molecule has 3 heteroatoms. The Morgan fingerprint density at radius 2 is 1.90 bits per heavy atom. The Morgan fingerprint density at radius 1 is 1.20 bits per heavy atom.